The predicted octanol–water partition coefficient (Wildman–Crippen LogP) is 1.26. The van der Waals surface area contributed by atoms with E-state index in [1.165, 1.54) is 0 Å². The van der Waals surface area contributed by atoms with E-state index in [0.717, 1.165) is 4.90 Å². The number of carbonyl (C=O) groups excluding carboxylic acids is 1. The monoisotopic (exact) mass is 251 g/mol. The van der Waals surface area contributed by atoms with Crippen LogP contribution in [0.25, 0.3) is 0 Å². The Morgan fingerprint density at radius 1 is 1.29 bits per heavy atom. The lowest BCUT2D eigenvalue weighted by Gasteiger charge is -2.25. The van der Waals surface area contributed by atoms with Crippen LogP contribution in [-0.2, 0) is 9.59 Å². The van der Waals surface area contributed by atoms with Gasteiger partial charge in [-0.05, 0) is 25.2 Å². The summed E-state index contributed by atoms with van der Waals surface area (Å²) < 4.78 is 36.9. The van der Waals surface area contributed by atoms with Gasteiger partial charge in [-0.15, -0.1) is 0 Å². The Morgan fingerprint density at radius 3 is 2.41 bits per heavy atom. The average Bonchev–Trinajstić information content (AvgIpc) is 2.87. The van der Waals surface area contributed by atoms with Gasteiger partial charge in [-0.1, -0.05) is 0 Å². The molecule has 3 unspecified atom stereocenters. The smallest absolute Gasteiger partial charge is 0.471 e. The van der Waals surface area contributed by atoms with Crippen LogP contribution in [0.2, 0.25) is 0 Å². The number of aliphatic carboxylic acids is 1. The van der Waals surface area contributed by atoms with Crippen LogP contribution < -0.4 is 0 Å². The van der Waals surface area contributed by atoms with Crippen molar-refractivity contribution in [1.29, 1.82) is 0 Å². The highest BCUT2D eigenvalue weighted by Gasteiger charge is 2.54. The van der Waals surface area contributed by atoms with Gasteiger partial charge in [0.1, 0.15) is 0 Å². The van der Waals surface area contributed by atoms with Crippen LogP contribution in [-0.4, -0.2) is 40.6 Å². The molecule has 3 atom stereocenters. The lowest BCUT2D eigenvalue weighted by Crippen LogP contribution is -2.45. The van der Waals surface area contributed by atoms with Crippen molar-refractivity contribution in [2.45, 2.75) is 31.5 Å². The van der Waals surface area contributed by atoms with Gasteiger partial charge in [0.2, 0.25) is 0 Å². The molecule has 0 radical (unpaired) electrons. The highest BCUT2D eigenvalue weighted by atomic mass is 19.4. The van der Waals surface area contributed by atoms with Gasteiger partial charge in [0.05, 0.1) is 5.92 Å². The molecule has 0 spiro atoms. The molecule has 0 bridgehead atoms. The summed E-state index contributed by atoms with van der Waals surface area (Å²) in [4.78, 5) is 22.6. The molecule has 1 N–H and O–H groups in total. The second kappa shape index (κ2) is 3.89. The largest absolute Gasteiger partial charge is 0.481 e. The van der Waals surface area contributed by atoms with Crippen molar-refractivity contribution in [2.75, 3.05) is 6.54 Å². The van der Waals surface area contributed by atoms with E-state index in [0.29, 0.717) is 19.3 Å². The maximum absolute atomic E-state index is 12.3. The minimum Gasteiger partial charge on any atom is -0.481 e. The maximum atomic E-state index is 12.3. The van der Waals surface area contributed by atoms with Crippen LogP contribution in [0.1, 0.15) is 19.3 Å². The number of alkyl halides is 3. The number of amides is 1. The Balaban J connectivity index is 2.04. The number of carbonyl (C=O) groups is 2. The minimum atomic E-state index is -4.86. The number of halogens is 3. The summed E-state index contributed by atoms with van der Waals surface area (Å²) >= 11 is 0. The zero-order valence-electron chi connectivity index (χ0n) is 8.91. The Hall–Kier alpha value is -1.27. The van der Waals surface area contributed by atoms with E-state index in [1.807, 2.05) is 0 Å². The van der Waals surface area contributed by atoms with E-state index in [4.69, 9.17) is 5.11 Å². The first kappa shape index (κ1) is 12.2. The van der Waals surface area contributed by atoms with Gasteiger partial charge in [0, 0.05) is 12.6 Å². The lowest BCUT2D eigenvalue weighted by molar-refractivity contribution is -0.186. The van der Waals surface area contributed by atoms with E-state index < -0.39 is 30.0 Å². The number of nitrogens with zero attached hydrogens (tertiary/aromatic N) is 1. The molecule has 0 aromatic heterocycles. The topological polar surface area (TPSA) is 57.6 Å². The number of carboxylic acid groups (broad SMARTS) is 1. The summed E-state index contributed by atoms with van der Waals surface area (Å²) in [7, 11) is 0. The standard InChI is InChI=1S/C10H12F3NO3/c11-10(12,13)9(17)14-3-1-2-7(14)5-4-6(5)8(15)16/h5-7H,1-4H2,(H,15,16). The summed E-state index contributed by atoms with van der Waals surface area (Å²) in [6, 6.07) is -0.551. The van der Waals surface area contributed by atoms with E-state index in [1.54, 1.807) is 0 Å². The van der Waals surface area contributed by atoms with Gasteiger partial charge in [-0.3, -0.25) is 9.59 Å². The molecular formula is C10H12F3NO3. The van der Waals surface area contributed by atoms with Crippen molar-refractivity contribution >= 4 is 11.9 Å². The average molecular weight is 251 g/mol. The van der Waals surface area contributed by atoms with Gasteiger partial charge < -0.3 is 10.0 Å². The molecule has 17 heavy (non-hydrogen) atoms. The zero-order valence-corrected chi connectivity index (χ0v) is 8.91. The molecule has 2 fully saturated rings. The summed E-state index contributed by atoms with van der Waals surface area (Å²) in [6.45, 7) is 0.0752. The van der Waals surface area contributed by atoms with Gasteiger partial charge in [-0.2, -0.15) is 13.2 Å². The van der Waals surface area contributed by atoms with Crippen molar-refractivity contribution in [3.8, 4) is 0 Å². The van der Waals surface area contributed by atoms with Crippen LogP contribution in [0.15, 0.2) is 0 Å². The van der Waals surface area contributed by atoms with Crippen LogP contribution in [0.4, 0.5) is 13.2 Å². The first-order valence-electron chi connectivity index (χ1n) is 5.43. The number of rotatable bonds is 2. The van der Waals surface area contributed by atoms with Gasteiger partial charge >= 0.3 is 18.1 Å². The van der Waals surface area contributed by atoms with E-state index >= 15 is 0 Å². The molecule has 2 rings (SSSR count). The van der Waals surface area contributed by atoms with Gasteiger partial charge in [-0.25, -0.2) is 0 Å². The number of likely N-dealkylation sites (tertiary alicyclic amines) is 1. The predicted molar refractivity (Wildman–Crippen MR) is 50.0 cm³/mol. The second-order valence-electron chi connectivity index (χ2n) is 4.55. The molecule has 96 valence electrons. The summed E-state index contributed by atoms with van der Waals surface area (Å²) in [5.74, 6) is -3.71. The number of carboxylic acids is 1. The molecule has 1 aliphatic carbocycles. The molecule has 1 saturated carbocycles. The maximum Gasteiger partial charge on any atom is 0.471 e. The second-order valence-corrected chi connectivity index (χ2v) is 4.55. The molecule has 2 aliphatic rings. The third kappa shape index (κ3) is 2.23. The van der Waals surface area contributed by atoms with Crippen molar-refractivity contribution in [3.05, 3.63) is 0 Å². The van der Waals surface area contributed by atoms with Crippen molar-refractivity contribution in [2.24, 2.45) is 11.8 Å². The first-order chi connectivity index (χ1) is 7.82. The zero-order chi connectivity index (χ0) is 12.8. The van der Waals surface area contributed by atoms with E-state index in [9.17, 15) is 22.8 Å². The molecular weight excluding hydrogens is 239 g/mol. The van der Waals surface area contributed by atoms with E-state index in [2.05, 4.69) is 0 Å². The fourth-order valence-electron chi connectivity index (χ4n) is 2.58. The van der Waals surface area contributed by atoms with Crippen LogP contribution in [0.5, 0.6) is 0 Å². The fourth-order valence-corrected chi connectivity index (χ4v) is 2.58. The highest BCUT2D eigenvalue weighted by Crippen LogP contribution is 2.47. The number of hydrogen-bond acceptors (Lipinski definition) is 2. The quantitative estimate of drug-likeness (QED) is 0.803. The third-order valence-electron chi connectivity index (χ3n) is 3.45. The van der Waals surface area contributed by atoms with E-state index in [-0.39, 0.29) is 12.5 Å². The molecule has 7 heteroatoms. The van der Waals surface area contributed by atoms with Crippen LogP contribution in [0.3, 0.4) is 0 Å². The number of hydrogen-bond donors (Lipinski definition) is 1. The first-order valence-corrected chi connectivity index (χ1v) is 5.43. The fraction of sp³-hybridized carbons (Fsp3) is 0.800. The lowest BCUT2D eigenvalue weighted by atomic mass is 10.1. The van der Waals surface area contributed by atoms with Crippen LogP contribution in [0, 0.1) is 11.8 Å². The Bertz CT molecular complexity index is 355. The Kier molecular flexibility index (Phi) is 2.79. The summed E-state index contributed by atoms with van der Waals surface area (Å²) in [6.07, 6.45) is -3.51. The Morgan fingerprint density at radius 2 is 1.94 bits per heavy atom. The molecule has 1 saturated heterocycles. The van der Waals surface area contributed by atoms with Crippen molar-refractivity contribution < 1.29 is 27.9 Å². The van der Waals surface area contributed by atoms with Gasteiger partial charge in [0.25, 0.3) is 0 Å². The summed E-state index contributed by atoms with van der Waals surface area (Å²) in [5, 5.41) is 8.74. The highest BCUT2D eigenvalue weighted by molar-refractivity contribution is 5.83. The molecule has 0 aromatic carbocycles. The molecule has 4 nitrogen and oxygen atoms in total. The Labute approximate surface area is 95.4 Å². The van der Waals surface area contributed by atoms with Crippen molar-refractivity contribution in [3.63, 3.8) is 0 Å². The molecule has 1 heterocycles. The third-order valence-corrected chi connectivity index (χ3v) is 3.45. The SMILES string of the molecule is O=C(O)C1CC1C1CCCN1C(=O)C(F)(F)F. The van der Waals surface area contributed by atoms with Crippen molar-refractivity contribution in [1.82, 2.24) is 4.90 Å². The summed E-state index contributed by atoms with van der Waals surface area (Å²) in [5.41, 5.74) is 0. The molecule has 0 aromatic rings. The normalized spacial score (nSPS) is 32.6. The van der Waals surface area contributed by atoms with Gasteiger partial charge in [0.15, 0.2) is 0 Å². The molecule has 1 amide bonds. The molecule has 1 aliphatic heterocycles. The minimum absolute atomic E-state index is 0.0752. The van der Waals surface area contributed by atoms with Crippen LogP contribution >= 0.6 is 0 Å².